The van der Waals surface area contributed by atoms with E-state index in [0.717, 1.165) is 39.9 Å². The van der Waals surface area contributed by atoms with Gasteiger partial charge >= 0.3 is 6.18 Å². The van der Waals surface area contributed by atoms with Crippen molar-refractivity contribution in [2.45, 2.75) is 29.9 Å². The molecule has 0 aliphatic carbocycles. The molecular weight excluding hydrogens is 299 g/mol. The predicted molar refractivity (Wildman–Crippen MR) is 77.1 cm³/mol. The number of halogens is 3. The summed E-state index contributed by atoms with van der Waals surface area (Å²) in [7, 11) is 0. The molecule has 0 fully saturated rings. The molecule has 112 valence electrons. The highest BCUT2D eigenvalue weighted by molar-refractivity contribution is 7.99. The van der Waals surface area contributed by atoms with Crippen molar-refractivity contribution in [3.63, 3.8) is 0 Å². The molecule has 0 aliphatic heterocycles. The Morgan fingerprint density at radius 3 is 2.38 bits per heavy atom. The van der Waals surface area contributed by atoms with Gasteiger partial charge in [-0.25, -0.2) is 10.8 Å². The first-order valence-corrected chi connectivity index (χ1v) is 6.92. The van der Waals surface area contributed by atoms with Gasteiger partial charge in [-0.05, 0) is 49.2 Å². The molecule has 3 nitrogen and oxygen atoms in total. The quantitative estimate of drug-likeness (QED) is 0.660. The lowest BCUT2D eigenvalue weighted by molar-refractivity contribution is -0.137. The van der Waals surface area contributed by atoms with Crippen molar-refractivity contribution in [2.24, 2.45) is 5.84 Å². The molecule has 1 aromatic heterocycles. The topological polar surface area (TPSA) is 50.9 Å². The molecule has 2 aromatic rings. The second kappa shape index (κ2) is 5.95. The van der Waals surface area contributed by atoms with Crippen LogP contribution < -0.4 is 11.3 Å². The number of alkyl halides is 3. The zero-order valence-electron chi connectivity index (χ0n) is 11.5. The fourth-order valence-electron chi connectivity index (χ4n) is 1.69. The van der Waals surface area contributed by atoms with E-state index in [9.17, 15) is 13.2 Å². The first kappa shape index (κ1) is 15.7. The first-order valence-electron chi connectivity index (χ1n) is 6.10. The van der Waals surface area contributed by atoms with Crippen molar-refractivity contribution in [3.8, 4) is 0 Å². The van der Waals surface area contributed by atoms with Crippen molar-refractivity contribution < 1.29 is 13.2 Å². The molecule has 0 bridgehead atoms. The molecule has 0 saturated carbocycles. The minimum absolute atomic E-state index is 0.0174. The van der Waals surface area contributed by atoms with Gasteiger partial charge in [0.1, 0.15) is 10.8 Å². The van der Waals surface area contributed by atoms with Crippen LogP contribution in [0, 0.1) is 13.8 Å². The third-order valence-corrected chi connectivity index (χ3v) is 3.89. The fourth-order valence-corrected chi connectivity index (χ4v) is 2.64. The smallest absolute Gasteiger partial charge is 0.308 e. The lowest BCUT2D eigenvalue weighted by Gasteiger charge is -2.11. The van der Waals surface area contributed by atoms with Gasteiger partial charge < -0.3 is 5.43 Å². The average Bonchev–Trinajstić information content (AvgIpc) is 2.41. The van der Waals surface area contributed by atoms with Crippen LogP contribution in [0.1, 0.15) is 16.7 Å². The molecular formula is C14H14F3N3S. The predicted octanol–water partition coefficient (Wildman–Crippen LogP) is 4.15. The third kappa shape index (κ3) is 3.89. The van der Waals surface area contributed by atoms with Gasteiger partial charge in [0, 0.05) is 4.90 Å². The van der Waals surface area contributed by atoms with E-state index in [4.69, 9.17) is 5.84 Å². The normalized spacial score (nSPS) is 11.5. The number of hydrogen-bond acceptors (Lipinski definition) is 4. The molecule has 0 aliphatic rings. The number of hydrogen-bond donors (Lipinski definition) is 2. The minimum Gasteiger partial charge on any atom is -0.308 e. The van der Waals surface area contributed by atoms with E-state index in [1.807, 2.05) is 32.0 Å². The van der Waals surface area contributed by atoms with Crippen LogP contribution in [0.4, 0.5) is 19.0 Å². The van der Waals surface area contributed by atoms with E-state index >= 15 is 0 Å². The maximum absolute atomic E-state index is 12.8. The lowest BCUT2D eigenvalue weighted by atomic mass is 10.1. The molecule has 0 unspecified atom stereocenters. The number of hydrazine groups is 1. The molecule has 3 N–H and O–H groups in total. The molecule has 0 atom stereocenters. The van der Waals surface area contributed by atoms with Gasteiger partial charge in [0.15, 0.2) is 0 Å². The largest absolute Gasteiger partial charge is 0.416 e. The Bertz CT molecular complexity index is 656. The standard InChI is InChI=1S/C14H14F3N3S/c1-8-3-4-11(5-9(8)2)21-13-7-10(14(15,16)17)6-12(19-13)20-18/h3-7H,18H2,1-2H3,(H,19,20). The number of nitrogens with two attached hydrogens (primary N) is 1. The molecule has 0 radical (unpaired) electrons. The molecule has 0 saturated heterocycles. The van der Waals surface area contributed by atoms with Crippen LogP contribution in [0.25, 0.3) is 0 Å². The Balaban J connectivity index is 2.36. The zero-order valence-corrected chi connectivity index (χ0v) is 12.3. The van der Waals surface area contributed by atoms with Crippen LogP contribution in [-0.2, 0) is 6.18 Å². The number of pyridine rings is 1. The van der Waals surface area contributed by atoms with Gasteiger partial charge in [0.2, 0.25) is 0 Å². The summed E-state index contributed by atoms with van der Waals surface area (Å²) in [6.07, 6.45) is -4.44. The molecule has 7 heteroatoms. The first-order chi connectivity index (χ1) is 9.79. The summed E-state index contributed by atoms with van der Waals surface area (Å²) in [5, 5.41) is 0.237. The van der Waals surface area contributed by atoms with Crippen LogP contribution >= 0.6 is 11.8 Å². The highest BCUT2D eigenvalue weighted by Crippen LogP contribution is 2.35. The van der Waals surface area contributed by atoms with Gasteiger partial charge in [-0.15, -0.1) is 0 Å². The summed E-state index contributed by atoms with van der Waals surface area (Å²) in [6.45, 7) is 3.93. The number of anilines is 1. The fraction of sp³-hybridized carbons (Fsp3) is 0.214. The summed E-state index contributed by atoms with van der Waals surface area (Å²) >= 11 is 1.16. The van der Waals surface area contributed by atoms with E-state index in [-0.39, 0.29) is 10.8 Å². The van der Waals surface area contributed by atoms with Crippen molar-refractivity contribution in [1.29, 1.82) is 0 Å². The van der Waals surface area contributed by atoms with Gasteiger partial charge in [0.05, 0.1) is 5.56 Å². The van der Waals surface area contributed by atoms with Crippen LogP contribution in [0.5, 0.6) is 0 Å². The number of benzene rings is 1. The van der Waals surface area contributed by atoms with E-state index in [0.29, 0.717) is 0 Å². The number of nitrogen functional groups attached to an aromatic ring is 1. The second-order valence-electron chi connectivity index (χ2n) is 4.57. The van der Waals surface area contributed by atoms with Gasteiger partial charge in [0.25, 0.3) is 0 Å². The Hall–Kier alpha value is -1.73. The van der Waals surface area contributed by atoms with E-state index in [2.05, 4.69) is 10.4 Å². The van der Waals surface area contributed by atoms with Gasteiger partial charge in [-0.1, -0.05) is 17.8 Å². The summed E-state index contributed by atoms with van der Waals surface area (Å²) in [6, 6.07) is 7.58. The van der Waals surface area contributed by atoms with Gasteiger partial charge in [-0.3, -0.25) is 0 Å². The van der Waals surface area contributed by atoms with E-state index < -0.39 is 11.7 Å². The second-order valence-corrected chi connectivity index (χ2v) is 5.66. The van der Waals surface area contributed by atoms with Crippen molar-refractivity contribution >= 4 is 17.6 Å². The molecule has 1 heterocycles. The Kier molecular flexibility index (Phi) is 4.43. The Morgan fingerprint density at radius 1 is 1.10 bits per heavy atom. The van der Waals surface area contributed by atoms with Crippen molar-refractivity contribution in [2.75, 3.05) is 5.43 Å². The Morgan fingerprint density at radius 2 is 1.81 bits per heavy atom. The number of aromatic nitrogens is 1. The highest BCUT2D eigenvalue weighted by Gasteiger charge is 2.31. The van der Waals surface area contributed by atoms with Crippen LogP contribution in [0.3, 0.4) is 0 Å². The number of nitrogens with one attached hydrogen (secondary N) is 1. The lowest BCUT2D eigenvalue weighted by Crippen LogP contribution is -2.12. The number of aryl methyl sites for hydroxylation is 2. The average molecular weight is 313 g/mol. The molecule has 1 aromatic carbocycles. The Labute approximate surface area is 124 Å². The monoisotopic (exact) mass is 313 g/mol. The maximum atomic E-state index is 12.8. The SMILES string of the molecule is Cc1ccc(Sc2cc(C(F)(F)F)cc(NN)n2)cc1C. The third-order valence-electron chi connectivity index (χ3n) is 2.98. The van der Waals surface area contributed by atoms with Gasteiger partial charge in [-0.2, -0.15) is 13.2 Å². The molecule has 2 rings (SSSR count). The summed E-state index contributed by atoms with van der Waals surface area (Å²) in [5.41, 5.74) is 3.58. The molecule has 0 amide bonds. The van der Waals surface area contributed by atoms with E-state index in [1.54, 1.807) is 0 Å². The summed E-state index contributed by atoms with van der Waals surface area (Å²) in [5.74, 6) is 5.16. The maximum Gasteiger partial charge on any atom is 0.416 e. The van der Waals surface area contributed by atoms with Crippen LogP contribution in [0.2, 0.25) is 0 Å². The molecule has 21 heavy (non-hydrogen) atoms. The number of nitrogens with zero attached hydrogens (tertiary/aromatic N) is 1. The molecule has 0 spiro atoms. The summed E-state index contributed by atoms with van der Waals surface area (Å²) in [4.78, 5) is 4.87. The van der Waals surface area contributed by atoms with E-state index in [1.165, 1.54) is 0 Å². The van der Waals surface area contributed by atoms with Crippen LogP contribution in [-0.4, -0.2) is 4.98 Å². The summed E-state index contributed by atoms with van der Waals surface area (Å²) < 4.78 is 38.5. The zero-order chi connectivity index (χ0) is 15.6. The number of rotatable bonds is 3. The van der Waals surface area contributed by atoms with Crippen LogP contribution in [0.15, 0.2) is 40.3 Å². The highest BCUT2D eigenvalue weighted by atomic mass is 32.2. The van der Waals surface area contributed by atoms with Crippen molar-refractivity contribution in [3.05, 3.63) is 47.0 Å². The van der Waals surface area contributed by atoms with Crippen molar-refractivity contribution in [1.82, 2.24) is 4.98 Å². The minimum atomic E-state index is -4.44.